The van der Waals surface area contributed by atoms with Crippen LogP contribution in [0.5, 0.6) is 11.5 Å². The molecule has 1 atom stereocenters. The number of para-hydroxylation sites is 2. The molecule has 1 aliphatic heterocycles. The van der Waals surface area contributed by atoms with E-state index in [4.69, 9.17) is 32.7 Å². The number of halogens is 2. The van der Waals surface area contributed by atoms with E-state index in [9.17, 15) is 4.79 Å². The molecule has 6 heteroatoms. The van der Waals surface area contributed by atoms with Crippen LogP contribution in [0.2, 0.25) is 0 Å². The lowest BCUT2D eigenvalue weighted by atomic mass is 10.0. The van der Waals surface area contributed by atoms with Gasteiger partial charge in [-0.2, -0.15) is 0 Å². The fourth-order valence-corrected chi connectivity index (χ4v) is 2.67. The SMILES string of the molecule is CCC(CCl)(CCl)NC(=O)C1COc2ccccc2O1. The first kappa shape index (κ1) is 15.3. The zero-order valence-corrected chi connectivity index (χ0v) is 12.7. The number of nitrogens with one attached hydrogen (secondary N) is 1. The fourth-order valence-electron chi connectivity index (χ4n) is 1.87. The first-order valence-corrected chi connectivity index (χ1v) is 7.53. The lowest BCUT2D eigenvalue weighted by Gasteiger charge is -2.33. The molecule has 0 fully saturated rings. The van der Waals surface area contributed by atoms with E-state index in [0.29, 0.717) is 17.9 Å². The van der Waals surface area contributed by atoms with E-state index in [2.05, 4.69) is 5.32 Å². The van der Waals surface area contributed by atoms with E-state index in [0.717, 1.165) is 0 Å². The van der Waals surface area contributed by atoms with Gasteiger partial charge >= 0.3 is 0 Å². The molecule has 1 aromatic carbocycles. The van der Waals surface area contributed by atoms with Crippen molar-refractivity contribution in [3.63, 3.8) is 0 Å². The smallest absolute Gasteiger partial charge is 0.265 e. The number of hydrogen-bond acceptors (Lipinski definition) is 3. The number of carbonyl (C=O) groups is 1. The molecule has 1 N–H and O–H groups in total. The number of alkyl halides is 2. The molecule has 0 saturated heterocycles. The first-order chi connectivity index (χ1) is 9.64. The van der Waals surface area contributed by atoms with Gasteiger partial charge in [0.05, 0.1) is 5.54 Å². The van der Waals surface area contributed by atoms with Crippen LogP contribution >= 0.6 is 23.2 Å². The topological polar surface area (TPSA) is 47.6 Å². The van der Waals surface area contributed by atoms with Crippen LogP contribution < -0.4 is 14.8 Å². The second-order valence-electron chi connectivity index (χ2n) is 4.75. The van der Waals surface area contributed by atoms with Crippen LogP contribution in [0.3, 0.4) is 0 Å². The lowest BCUT2D eigenvalue weighted by Crippen LogP contribution is -2.56. The standard InChI is InChI=1S/C14H17Cl2NO3/c1-2-14(8-15,9-16)17-13(18)12-7-19-10-5-3-4-6-11(10)20-12/h3-6,12H,2,7-9H2,1H3,(H,17,18). The Labute approximate surface area is 128 Å². The van der Waals surface area contributed by atoms with Gasteiger partial charge < -0.3 is 14.8 Å². The Kier molecular flexibility index (Phi) is 5.00. The highest BCUT2D eigenvalue weighted by atomic mass is 35.5. The van der Waals surface area contributed by atoms with Crippen LogP contribution in [0.15, 0.2) is 24.3 Å². The van der Waals surface area contributed by atoms with Gasteiger partial charge in [0.25, 0.3) is 5.91 Å². The molecular weight excluding hydrogens is 301 g/mol. The predicted octanol–water partition coefficient (Wildman–Crippen LogP) is 2.57. The third-order valence-corrected chi connectivity index (χ3v) is 4.40. The Balaban J connectivity index is 2.05. The van der Waals surface area contributed by atoms with Crippen LogP contribution in [0.25, 0.3) is 0 Å². The highest BCUT2D eigenvalue weighted by Crippen LogP contribution is 2.31. The van der Waals surface area contributed by atoms with Crippen LogP contribution in [-0.4, -0.2) is 35.9 Å². The van der Waals surface area contributed by atoms with Crippen molar-refractivity contribution in [2.75, 3.05) is 18.4 Å². The Bertz CT molecular complexity index is 469. The van der Waals surface area contributed by atoms with E-state index >= 15 is 0 Å². The average molecular weight is 318 g/mol. The summed E-state index contributed by atoms with van der Waals surface area (Å²) < 4.78 is 11.2. The molecule has 20 heavy (non-hydrogen) atoms. The van der Waals surface area contributed by atoms with Gasteiger partial charge in [0.2, 0.25) is 6.10 Å². The Morgan fingerprint density at radius 1 is 1.35 bits per heavy atom. The van der Waals surface area contributed by atoms with Gasteiger partial charge in [0.15, 0.2) is 11.5 Å². The number of rotatable bonds is 5. The first-order valence-electron chi connectivity index (χ1n) is 6.46. The molecule has 0 radical (unpaired) electrons. The summed E-state index contributed by atoms with van der Waals surface area (Å²) >= 11 is 11.8. The maximum atomic E-state index is 12.3. The minimum Gasteiger partial charge on any atom is -0.485 e. The Hall–Kier alpha value is -1.13. The molecule has 4 nitrogen and oxygen atoms in total. The third-order valence-electron chi connectivity index (χ3n) is 3.38. The molecule has 1 heterocycles. The quantitative estimate of drug-likeness (QED) is 0.849. The minimum atomic E-state index is -0.692. The molecular formula is C14H17Cl2NO3. The molecule has 0 aliphatic carbocycles. The van der Waals surface area contributed by atoms with Crippen LogP contribution in [0.4, 0.5) is 0 Å². The molecule has 0 aromatic heterocycles. The monoisotopic (exact) mass is 317 g/mol. The normalized spacial score (nSPS) is 17.6. The van der Waals surface area contributed by atoms with Gasteiger partial charge in [-0.1, -0.05) is 19.1 Å². The minimum absolute atomic E-state index is 0.174. The highest BCUT2D eigenvalue weighted by Gasteiger charge is 2.34. The molecule has 1 aliphatic rings. The predicted molar refractivity (Wildman–Crippen MR) is 79.0 cm³/mol. The van der Waals surface area contributed by atoms with E-state index in [1.54, 1.807) is 12.1 Å². The summed E-state index contributed by atoms with van der Waals surface area (Å²) in [5, 5.41) is 2.87. The summed E-state index contributed by atoms with van der Waals surface area (Å²) in [6.45, 7) is 2.10. The molecule has 1 amide bonds. The summed E-state index contributed by atoms with van der Waals surface area (Å²) in [4.78, 5) is 12.3. The summed E-state index contributed by atoms with van der Waals surface area (Å²) in [5.41, 5.74) is -0.611. The Morgan fingerprint density at radius 3 is 2.60 bits per heavy atom. The zero-order chi connectivity index (χ0) is 14.6. The largest absolute Gasteiger partial charge is 0.485 e. The molecule has 0 spiro atoms. The van der Waals surface area contributed by atoms with E-state index in [1.807, 2.05) is 19.1 Å². The van der Waals surface area contributed by atoms with Crippen LogP contribution in [-0.2, 0) is 4.79 Å². The van der Waals surface area contributed by atoms with Gasteiger partial charge in [-0.05, 0) is 18.6 Å². The summed E-state index contributed by atoms with van der Waals surface area (Å²) in [6, 6.07) is 7.25. The number of carbonyl (C=O) groups excluding carboxylic acids is 1. The number of amides is 1. The van der Waals surface area contributed by atoms with Crippen molar-refractivity contribution < 1.29 is 14.3 Å². The van der Waals surface area contributed by atoms with Gasteiger partial charge in [-0.15, -0.1) is 23.2 Å². The number of ether oxygens (including phenoxy) is 2. The Morgan fingerprint density at radius 2 is 2.00 bits per heavy atom. The molecule has 0 saturated carbocycles. The van der Waals surface area contributed by atoms with Crippen molar-refractivity contribution >= 4 is 29.1 Å². The summed E-state index contributed by atoms with van der Waals surface area (Å²) in [7, 11) is 0. The fraction of sp³-hybridized carbons (Fsp3) is 0.500. The van der Waals surface area contributed by atoms with Gasteiger partial charge in [0.1, 0.15) is 6.61 Å². The van der Waals surface area contributed by atoms with Crippen molar-refractivity contribution in [1.82, 2.24) is 5.32 Å². The summed E-state index contributed by atoms with van der Waals surface area (Å²) in [5.74, 6) is 1.46. The van der Waals surface area contributed by atoms with E-state index in [-0.39, 0.29) is 24.3 Å². The molecule has 0 bridgehead atoms. The number of hydrogen-bond donors (Lipinski definition) is 1. The second-order valence-corrected chi connectivity index (χ2v) is 5.29. The molecule has 1 aromatic rings. The molecule has 2 rings (SSSR count). The average Bonchev–Trinajstić information content (AvgIpc) is 2.52. The van der Waals surface area contributed by atoms with Crippen molar-refractivity contribution in [2.45, 2.75) is 25.0 Å². The molecule has 1 unspecified atom stereocenters. The van der Waals surface area contributed by atoms with Crippen molar-refractivity contribution in [1.29, 1.82) is 0 Å². The van der Waals surface area contributed by atoms with Gasteiger partial charge in [0, 0.05) is 11.8 Å². The van der Waals surface area contributed by atoms with Gasteiger partial charge in [-0.25, -0.2) is 0 Å². The number of fused-ring (bicyclic) bond motifs is 1. The summed E-state index contributed by atoms with van der Waals surface area (Å²) in [6.07, 6.45) is -0.0436. The number of benzene rings is 1. The van der Waals surface area contributed by atoms with Crippen molar-refractivity contribution in [2.24, 2.45) is 0 Å². The third kappa shape index (κ3) is 3.13. The lowest BCUT2D eigenvalue weighted by molar-refractivity contribution is -0.132. The van der Waals surface area contributed by atoms with Crippen molar-refractivity contribution in [3.05, 3.63) is 24.3 Å². The maximum Gasteiger partial charge on any atom is 0.265 e. The highest BCUT2D eigenvalue weighted by molar-refractivity contribution is 6.22. The zero-order valence-electron chi connectivity index (χ0n) is 11.2. The van der Waals surface area contributed by atoms with E-state index < -0.39 is 11.6 Å². The second kappa shape index (κ2) is 6.55. The van der Waals surface area contributed by atoms with E-state index in [1.165, 1.54) is 0 Å². The van der Waals surface area contributed by atoms with Crippen LogP contribution in [0, 0.1) is 0 Å². The van der Waals surface area contributed by atoms with Crippen LogP contribution in [0.1, 0.15) is 13.3 Å². The maximum absolute atomic E-state index is 12.3. The molecule has 110 valence electrons. The van der Waals surface area contributed by atoms with Gasteiger partial charge in [-0.3, -0.25) is 4.79 Å². The van der Waals surface area contributed by atoms with Crippen molar-refractivity contribution in [3.8, 4) is 11.5 Å².